The van der Waals surface area contributed by atoms with Gasteiger partial charge >= 0.3 is 0 Å². The maximum atomic E-state index is 11.9. The van der Waals surface area contributed by atoms with Gasteiger partial charge in [0.15, 0.2) is 5.69 Å². The molecule has 0 saturated carbocycles. The molecular formula is C12H16N4O3. The van der Waals surface area contributed by atoms with Crippen molar-refractivity contribution < 1.29 is 14.6 Å². The minimum atomic E-state index is -0.288. The van der Waals surface area contributed by atoms with E-state index in [2.05, 4.69) is 15.5 Å². The number of aliphatic hydroxyl groups excluding tert-OH is 1. The monoisotopic (exact) mass is 264 g/mol. The van der Waals surface area contributed by atoms with Crippen molar-refractivity contribution in [3.8, 4) is 0 Å². The van der Waals surface area contributed by atoms with Crippen LogP contribution in [0.4, 0.5) is 5.69 Å². The number of nitrogen functional groups attached to an aromatic ring is 1. The average Bonchev–Trinajstić information content (AvgIpc) is 2.81. The molecule has 0 radical (unpaired) electrons. The zero-order valence-electron chi connectivity index (χ0n) is 10.3. The van der Waals surface area contributed by atoms with E-state index in [1.165, 1.54) is 0 Å². The summed E-state index contributed by atoms with van der Waals surface area (Å²) in [5, 5.41) is 18.7. The lowest BCUT2D eigenvalue weighted by Gasteiger charge is -2.04. The van der Waals surface area contributed by atoms with Crippen molar-refractivity contribution in [1.29, 1.82) is 0 Å². The number of aromatic amines is 1. The summed E-state index contributed by atoms with van der Waals surface area (Å²) in [7, 11) is 0. The van der Waals surface area contributed by atoms with E-state index in [1.54, 1.807) is 18.2 Å². The molecule has 7 heteroatoms. The van der Waals surface area contributed by atoms with Crippen LogP contribution in [0.5, 0.6) is 0 Å². The van der Waals surface area contributed by atoms with E-state index < -0.39 is 0 Å². The smallest absolute Gasteiger partial charge is 0.272 e. The highest BCUT2D eigenvalue weighted by Gasteiger charge is 2.13. The van der Waals surface area contributed by atoms with Crippen LogP contribution in [0.3, 0.4) is 0 Å². The molecule has 1 amide bonds. The van der Waals surface area contributed by atoms with Crippen molar-refractivity contribution in [2.45, 2.75) is 0 Å². The Bertz CT molecular complexity index is 567. The molecule has 1 aromatic heterocycles. The zero-order valence-corrected chi connectivity index (χ0v) is 10.3. The van der Waals surface area contributed by atoms with Crippen LogP contribution in [0.1, 0.15) is 10.5 Å². The number of nitrogens with two attached hydrogens (primary N) is 1. The van der Waals surface area contributed by atoms with Gasteiger partial charge in [-0.2, -0.15) is 5.10 Å². The van der Waals surface area contributed by atoms with E-state index in [4.69, 9.17) is 15.6 Å². The highest BCUT2D eigenvalue weighted by atomic mass is 16.5. The third-order valence-electron chi connectivity index (χ3n) is 2.57. The van der Waals surface area contributed by atoms with Gasteiger partial charge in [0.1, 0.15) is 0 Å². The lowest BCUT2D eigenvalue weighted by molar-refractivity contribution is 0.0836. The highest BCUT2D eigenvalue weighted by molar-refractivity contribution is 6.05. The first-order chi connectivity index (χ1) is 9.22. The summed E-state index contributed by atoms with van der Waals surface area (Å²) in [6, 6.07) is 5.22. The molecule has 0 aliphatic heterocycles. The number of amides is 1. The Morgan fingerprint density at radius 3 is 3.11 bits per heavy atom. The third kappa shape index (κ3) is 3.21. The van der Waals surface area contributed by atoms with Gasteiger partial charge in [0, 0.05) is 17.6 Å². The number of nitrogens with zero attached hydrogens (tertiary/aromatic N) is 1. The molecule has 0 fully saturated rings. The molecule has 0 atom stereocenters. The van der Waals surface area contributed by atoms with Crippen LogP contribution in [-0.2, 0) is 4.74 Å². The number of hydrogen-bond acceptors (Lipinski definition) is 5. The molecule has 7 nitrogen and oxygen atoms in total. The molecule has 0 spiro atoms. The van der Waals surface area contributed by atoms with Gasteiger partial charge in [-0.1, -0.05) is 0 Å². The molecule has 5 N–H and O–H groups in total. The zero-order chi connectivity index (χ0) is 13.7. The Morgan fingerprint density at radius 1 is 1.47 bits per heavy atom. The molecule has 1 aromatic carbocycles. The fraction of sp³-hybridized carbons (Fsp3) is 0.333. The van der Waals surface area contributed by atoms with E-state index in [1.807, 2.05) is 0 Å². The summed E-state index contributed by atoms with van der Waals surface area (Å²) >= 11 is 0. The lowest BCUT2D eigenvalue weighted by atomic mass is 10.2. The van der Waals surface area contributed by atoms with Crippen molar-refractivity contribution in [1.82, 2.24) is 15.5 Å². The molecule has 1 heterocycles. The average molecular weight is 264 g/mol. The number of anilines is 1. The molecule has 0 unspecified atom stereocenters. The van der Waals surface area contributed by atoms with Crippen molar-refractivity contribution >= 4 is 22.5 Å². The second kappa shape index (κ2) is 6.17. The fourth-order valence-electron chi connectivity index (χ4n) is 1.69. The summed E-state index contributed by atoms with van der Waals surface area (Å²) in [5.74, 6) is -0.288. The summed E-state index contributed by atoms with van der Waals surface area (Å²) in [6.45, 7) is 0.932. The Morgan fingerprint density at radius 2 is 2.32 bits per heavy atom. The quantitative estimate of drug-likeness (QED) is 0.429. The molecule has 19 heavy (non-hydrogen) atoms. The van der Waals surface area contributed by atoms with Crippen molar-refractivity contribution in [2.24, 2.45) is 0 Å². The van der Waals surface area contributed by atoms with Gasteiger partial charge in [-0.3, -0.25) is 9.89 Å². The van der Waals surface area contributed by atoms with E-state index >= 15 is 0 Å². The fourth-order valence-corrected chi connectivity index (χ4v) is 1.69. The number of ether oxygens (including phenoxy) is 1. The van der Waals surface area contributed by atoms with Crippen LogP contribution in [0, 0.1) is 0 Å². The molecule has 2 rings (SSSR count). The van der Waals surface area contributed by atoms with Gasteiger partial charge in [-0.15, -0.1) is 0 Å². The molecule has 0 saturated heterocycles. The van der Waals surface area contributed by atoms with Crippen molar-refractivity contribution in [3.05, 3.63) is 23.9 Å². The number of aliphatic hydroxyl groups is 1. The van der Waals surface area contributed by atoms with Crippen LogP contribution in [0.2, 0.25) is 0 Å². The summed E-state index contributed by atoms with van der Waals surface area (Å²) in [4.78, 5) is 11.9. The minimum absolute atomic E-state index is 0.0305. The molecule has 0 aliphatic rings. The summed E-state index contributed by atoms with van der Waals surface area (Å²) in [5.41, 5.74) is 7.34. The number of hydrogen-bond donors (Lipinski definition) is 4. The van der Waals surface area contributed by atoms with Gasteiger partial charge in [-0.05, 0) is 18.2 Å². The number of H-pyrrole nitrogens is 1. The number of carbonyl (C=O) groups excluding carboxylic acids is 1. The number of rotatable bonds is 6. The number of benzene rings is 1. The van der Waals surface area contributed by atoms with E-state index in [9.17, 15) is 4.79 Å². The SMILES string of the molecule is Nc1ccc2[nH]nc(C(=O)NCCOCCO)c2c1. The maximum Gasteiger partial charge on any atom is 0.272 e. The van der Waals surface area contributed by atoms with Crippen LogP contribution >= 0.6 is 0 Å². The van der Waals surface area contributed by atoms with Crippen LogP contribution in [0.15, 0.2) is 18.2 Å². The van der Waals surface area contributed by atoms with Crippen LogP contribution in [0.25, 0.3) is 10.9 Å². The number of fused-ring (bicyclic) bond motifs is 1. The Labute approximate surface area is 109 Å². The maximum absolute atomic E-state index is 11.9. The third-order valence-corrected chi connectivity index (χ3v) is 2.57. The minimum Gasteiger partial charge on any atom is -0.399 e. The van der Waals surface area contributed by atoms with Crippen molar-refractivity contribution in [3.63, 3.8) is 0 Å². The molecular weight excluding hydrogens is 248 g/mol. The van der Waals surface area contributed by atoms with Crippen LogP contribution < -0.4 is 11.1 Å². The molecule has 0 bridgehead atoms. The first-order valence-corrected chi connectivity index (χ1v) is 5.93. The van der Waals surface area contributed by atoms with Gasteiger partial charge < -0.3 is 20.9 Å². The second-order valence-electron chi connectivity index (χ2n) is 3.97. The molecule has 2 aromatic rings. The highest BCUT2D eigenvalue weighted by Crippen LogP contribution is 2.18. The van der Waals surface area contributed by atoms with Gasteiger partial charge in [0.25, 0.3) is 5.91 Å². The van der Waals surface area contributed by atoms with E-state index in [0.29, 0.717) is 29.9 Å². The number of nitrogens with one attached hydrogen (secondary N) is 2. The first kappa shape index (κ1) is 13.3. The standard InChI is InChI=1S/C12H16N4O3/c13-8-1-2-10-9(7-8)11(16-15-10)12(18)14-3-5-19-6-4-17/h1-2,7,17H,3-6,13H2,(H,14,18)(H,15,16). The number of aromatic nitrogens is 2. The second-order valence-corrected chi connectivity index (χ2v) is 3.97. The molecule has 102 valence electrons. The largest absolute Gasteiger partial charge is 0.399 e. The Balaban J connectivity index is 1.99. The van der Waals surface area contributed by atoms with Gasteiger partial charge in [0.2, 0.25) is 0 Å². The Kier molecular flexibility index (Phi) is 4.32. The van der Waals surface area contributed by atoms with E-state index in [-0.39, 0.29) is 19.1 Å². The predicted molar refractivity (Wildman–Crippen MR) is 70.7 cm³/mol. The number of carbonyl (C=O) groups is 1. The van der Waals surface area contributed by atoms with E-state index in [0.717, 1.165) is 5.52 Å². The topological polar surface area (TPSA) is 113 Å². The van der Waals surface area contributed by atoms with Gasteiger partial charge in [-0.25, -0.2) is 0 Å². The van der Waals surface area contributed by atoms with Gasteiger partial charge in [0.05, 0.1) is 25.3 Å². The first-order valence-electron chi connectivity index (χ1n) is 5.93. The normalized spacial score (nSPS) is 10.8. The molecule has 0 aliphatic carbocycles. The Hall–Kier alpha value is -2.12. The lowest BCUT2D eigenvalue weighted by Crippen LogP contribution is -2.28. The van der Waals surface area contributed by atoms with Crippen molar-refractivity contribution in [2.75, 3.05) is 32.1 Å². The summed E-state index contributed by atoms with van der Waals surface area (Å²) < 4.78 is 5.04. The van der Waals surface area contributed by atoms with Crippen LogP contribution in [-0.4, -0.2) is 47.6 Å². The summed E-state index contributed by atoms with van der Waals surface area (Å²) in [6.07, 6.45) is 0. The predicted octanol–water partition coefficient (Wildman–Crippen LogP) is -0.116.